The Balaban J connectivity index is 1.90. The van der Waals surface area contributed by atoms with E-state index in [1.807, 2.05) is 0 Å². The number of esters is 1. The van der Waals surface area contributed by atoms with Crippen molar-refractivity contribution in [2.24, 2.45) is 0 Å². The van der Waals surface area contributed by atoms with Crippen LogP contribution in [0.5, 0.6) is 0 Å². The van der Waals surface area contributed by atoms with E-state index in [1.54, 1.807) is 0 Å². The fraction of sp³-hybridized carbons (Fsp3) is 0.211. The molecule has 0 saturated carbocycles. The predicted octanol–water partition coefficient (Wildman–Crippen LogP) is 3.63. The number of alkyl halides is 3. The molecule has 0 fully saturated rings. The van der Waals surface area contributed by atoms with E-state index >= 15 is 0 Å². The highest BCUT2D eigenvalue weighted by molar-refractivity contribution is 5.98. The minimum absolute atomic E-state index is 0.141. The number of anilines is 1. The number of ketones is 1. The van der Waals surface area contributed by atoms with Gasteiger partial charge in [0.15, 0.2) is 12.4 Å². The number of benzene rings is 2. The van der Waals surface area contributed by atoms with Gasteiger partial charge in [0.25, 0.3) is 0 Å². The zero-order valence-electron chi connectivity index (χ0n) is 14.3. The summed E-state index contributed by atoms with van der Waals surface area (Å²) in [7, 11) is 0. The molecule has 5 nitrogen and oxygen atoms in total. The first kappa shape index (κ1) is 20.2. The van der Waals surface area contributed by atoms with Gasteiger partial charge in [-0.1, -0.05) is 18.2 Å². The first-order valence-electron chi connectivity index (χ1n) is 7.88. The van der Waals surface area contributed by atoms with Crippen LogP contribution in [0.1, 0.15) is 28.4 Å². The van der Waals surface area contributed by atoms with Crippen LogP contribution in [0.4, 0.5) is 18.9 Å². The lowest BCUT2D eigenvalue weighted by atomic mass is 10.1. The number of carbonyl (C=O) groups is 3. The third kappa shape index (κ3) is 6.25. The first-order valence-corrected chi connectivity index (χ1v) is 7.88. The lowest BCUT2D eigenvalue weighted by Gasteiger charge is -2.09. The SMILES string of the molecule is CC(=O)Nc1ccc(C(=O)COC(=O)Cc2cccc(C(F)(F)F)c2)cc1. The maximum Gasteiger partial charge on any atom is 0.416 e. The molecular formula is C19H16F3NO4. The first-order chi connectivity index (χ1) is 12.6. The van der Waals surface area contributed by atoms with Crippen LogP contribution in [0.2, 0.25) is 0 Å². The smallest absolute Gasteiger partial charge is 0.416 e. The third-order valence-electron chi connectivity index (χ3n) is 3.49. The average molecular weight is 379 g/mol. The largest absolute Gasteiger partial charge is 0.457 e. The van der Waals surface area contributed by atoms with Crippen molar-refractivity contribution < 1.29 is 32.3 Å². The van der Waals surface area contributed by atoms with E-state index in [2.05, 4.69) is 5.32 Å². The van der Waals surface area contributed by atoms with Crippen molar-refractivity contribution in [3.63, 3.8) is 0 Å². The summed E-state index contributed by atoms with van der Waals surface area (Å²) >= 11 is 0. The molecular weight excluding hydrogens is 363 g/mol. The number of halogens is 3. The normalized spacial score (nSPS) is 11.0. The Morgan fingerprint density at radius 2 is 1.70 bits per heavy atom. The van der Waals surface area contributed by atoms with E-state index in [1.165, 1.54) is 43.3 Å². The molecule has 0 bridgehead atoms. The Kier molecular flexibility index (Phi) is 6.33. The van der Waals surface area contributed by atoms with Crippen molar-refractivity contribution >= 4 is 23.3 Å². The zero-order chi connectivity index (χ0) is 20.0. The summed E-state index contributed by atoms with van der Waals surface area (Å²) < 4.78 is 42.8. The fourth-order valence-electron chi connectivity index (χ4n) is 2.25. The van der Waals surface area contributed by atoms with Crippen LogP contribution in [0.25, 0.3) is 0 Å². The lowest BCUT2D eigenvalue weighted by molar-refractivity contribution is -0.142. The highest BCUT2D eigenvalue weighted by atomic mass is 19.4. The molecule has 0 unspecified atom stereocenters. The average Bonchev–Trinajstić information content (AvgIpc) is 2.59. The van der Waals surface area contributed by atoms with Gasteiger partial charge < -0.3 is 10.1 Å². The van der Waals surface area contributed by atoms with Gasteiger partial charge in [-0.3, -0.25) is 14.4 Å². The fourth-order valence-corrected chi connectivity index (χ4v) is 2.25. The van der Waals surface area contributed by atoms with E-state index in [-0.39, 0.29) is 23.5 Å². The van der Waals surface area contributed by atoms with Gasteiger partial charge in [-0.05, 0) is 35.9 Å². The maximum atomic E-state index is 12.7. The van der Waals surface area contributed by atoms with E-state index in [0.29, 0.717) is 5.69 Å². The molecule has 142 valence electrons. The van der Waals surface area contributed by atoms with E-state index in [4.69, 9.17) is 4.74 Å². The van der Waals surface area contributed by atoms with Crippen molar-refractivity contribution in [1.82, 2.24) is 0 Å². The lowest BCUT2D eigenvalue weighted by Crippen LogP contribution is -2.16. The second kappa shape index (κ2) is 8.48. The van der Waals surface area contributed by atoms with Crippen molar-refractivity contribution in [3.8, 4) is 0 Å². The number of Topliss-reactive ketones (excluding diaryl/α,β-unsaturated/α-hetero) is 1. The maximum absolute atomic E-state index is 12.7. The Morgan fingerprint density at radius 3 is 2.30 bits per heavy atom. The summed E-state index contributed by atoms with van der Waals surface area (Å²) in [5.74, 6) is -1.53. The summed E-state index contributed by atoms with van der Waals surface area (Å²) in [5.41, 5.74) is 0.0710. The molecule has 0 heterocycles. The predicted molar refractivity (Wildman–Crippen MR) is 91.2 cm³/mol. The monoisotopic (exact) mass is 379 g/mol. The van der Waals surface area contributed by atoms with Crippen LogP contribution in [-0.4, -0.2) is 24.3 Å². The summed E-state index contributed by atoms with van der Waals surface area (Å²) in [5, 5.41) is 2.55. The Bertz CT molecular complexity index is 845. The minimum Gasteiger partial charge on any atom is -0.457 e. The topological polar surface area (TPSA) is 72.5 Å². The molecule has 0 saturated heterocycles. The molecule has 1 amide bonds. The number of carbonyl (C=O) groups excluding carboxylic acids is 3. The van der Waals surface area contributed by atoms with Crippen LogP contribution >= 0.6 is 0 Å². The van der Waals surface area contributed by atoms with Crippen molar-refractivity contribution in [1.29, 1.82) is 0 Å². The number of hydrogen-bond donors (Lipinski definition) is 1. The van der Waals surface area contributed by atoms with Gasteiger partial charge in [-0.2, -0.15) is 13.2 Å². The van der Waals surface area contributed by atoms with Crippen molar-refractivity contribution in [3.05, 3.63) is 65.2 Å². The molecule has 27 heavy (non-hydrogen) atoms. The second-order valence-corrected chi connectivity index (χ2v) is 5.72. The third-order valence-corrected chi connectivity index (χ3v) is 3.49. The van der Waals surface area contributed by atoms with Crippen LogP contribution < -0.4 is 5.32 Å². The molecule has 0 aliphatic heterocycles. The number of ether oxygens (including phenoxy) is 1. The highest BCUT2D eigenvalue weighted by Crippen LogP contribution is 2.29. The standard InChI is InChI=1S/C19H16F3NO4/c1-12(24)23-16-7-5-14(6-8-16)17(25)11-27-18(26)10-13-3-2-4-15(9-13)19(20,21)22/h2-9H,10-11H2,1H3,(H,23,24). The number of hydrogen-bond acceptors (Lipinski definition) is 4. The Morgan fingerprint density at radius 1 is 1.04 bits per heavy atom. The number of rotatable bonds is 6. The molecule has 0 aliphatic carbocycles. The van der Waals surface area contributed by atoms with Crippen molar-refractivity contribution in [2.45, 2.75) is 19.5 Å². The quantitative estimate of drug-likeness (QED) is 0.615. The van der Waals surface area contributed by atoms with Crippen LogP contribution in [0, 0.1) is 0 Å². The summed E-state index contributed by atoms with van der Waals surface area (Å²) in [6.45, 7) is 0.820. The van der Waals surface area contributed by atoms with Crippen LogP contribution in [0.3, 0.4) is 0 Å². The number of nitrogens with one attached hydrogen (secondary N) is 1. The Hall–Kier alpha value is -3.16. The molecule has 2 aromatic carbocycles. The van der Waals surface area contributed by atoms with Gasteiger partial charge in [0.05, 0.1) is 12.0 Å². The summed E-state index contributed by atoms with van der Waals surface area (Å²) in [6.07, 6.45) is -4.88. The van der Waals surface area contributed by atoms with E-state index in [9.17, 15) is 27.6 Å². The van der Waals surface area contributed by atoms with Crippen LogP contribution in [-0.2, 0) is 26.9 Å². The summed E-state index contributed by atoms with van der Waals surface area (Å²) in [6, 6.07) is 10.3. The molecule has 2 aromatic rings. The van der Waals surface area contributed by atoms with Gasteiger partial charge in [0, 0.05) is 18.2 Å². The molecule has 8 heteroatoms. The molecule has 0 aliphatic rings. The van der Waals surface area contributed by atoms with Crippen molar-refractivity contribution in [2.75, 3.05) is 11.9 Å². The van der Waals surface area contributed by atoms with E-state index < -0.39 is 30.1 Å². The molecule has 0 aromatic heterocycles. The zero-order valence-corrected chi connectivity index (χ0v) is 14.3. The van der Waals surface area contributed by atoms with Gasteiger partial charge in [-0.15, -0.1) is 0 Å². The van der Waals surface area contributed by atoms with Gasteiger partial charge >= 0.3 is 12.1 Å². The minimum atomic E-state index is -4.50. The van der Waals surface area contributed by atoms with E-state index in [0.717, 1.165) is 12.1 Å². The second-order valence-electron chi connectivity index (χ2n) is 5.72. The summed E-state index contributed by atoms with van der Waals surface area (Å²) in [4.78, 5) is 34.7. The molecule has 0 radical (unpaired) electrons. The highest BCUT2D eigenvalue weighted by Gasteiger charge is 2.30. The van der Waals surface area contributed by atoms with Gasteiger partial charge in [0.1, 0.15) is 0 Å². The molecule has 0 atom stereocenters. The number of amides is 1. The van der Waals surface area contributed by atoms with Crippen LogP contribution in [0.15, 0.2) is 48.5 Å². The van der Waals surface area contributed by atoms with Gasteiger partial charge in [-0.25, -0.2) is 0 Å². The molecule has 0 spiro atoms. The Labute approximate surface area is 153 Å². The van der Waals surface area contributed by atoms with Gasteiger partial charge in [0.2, 0.25) is 5.91 Å². The molecule has 2 rings (SSSR count). The molecule has 1 N–H and O–H groups in total.